The number of hydrogen-bond donors (Lipinski definition) is 1. The molecule has 0 aliphatic heterocycles. The normalized spacial score (nSPS) is 8.50. The molecule has 0 aromatic rings. The molecule has 0 aliphatic carbocycles. The van der Waals surface area contributed by atoms with Gasteiger partial charge >= 0.3 is 12.4 Å². The van der Waals surface area contributed by atoms with Crippen LogP contribution in [-0.4, -0.2) is 25.5 Å². The van der Waals surface area contributed by atoms with Gasteiger partial charge in [-0.15, -0.1) is 0 Å². The van der Waals surface area contributed by atoms with Gasteiger partial charge in [0.1, 0.15) is 0 Å². The predicted molar refractivity (Wildman–Crippen MR) is 34.9 cm³/mol. The molecule has 1 N–H and O–H groups in total. The molecular formula is C6H10NO3. The minimum absolute atomic E-state index is 0.296. The van der Waals surface area contributed by atoms with Crippen molar-refractivity contribution < 1.29 is 14.3 Å². The number of ether oxygens (including phenoxy) is 1. The number of amides is 1. The summed E-state index contributed by atoms with van der Waals surface area (Å²) < 4.78 is 4.58. The zero-order valence-corrected chi connectivity index (χ0v) is 5.85. The molecule has 1 amide bonds. The van der Waals surface area contributed by atoms with Crippen LogP contribution in [0.1, 0.15) is 13.3 Å². The molecule has 0 heterocycles. The van der Waals surface area contributed by atoms with Gasteiger partial charge in [-0.3, -0.25) is 9.59 Å². The molecule has 0 spiro atoms. The predicted octanol–water partition coefficient (Wildman–Crippen LogP) is -0.404. The Hall–Kier alpha value is -1.06. The van der Waals surface area contributed by atoms with Crippen LogP contribution in [0, 0.1) is 0 Å². The van der Waals surface area contributed by atoms with E-state index in [-0.39, 0.29) is 5.97 Å². The van der Waals surface area contributed by atoms with Crippen LogP contribution in [0.2, 0.25) is 0 Å². The molecular weight excluding hydrogens is 134 g/mol. The smallest absolute Gasteiger partial charge is 0.309 e. The second-order valence-corrected chi connectivity index (χ2v) is 1.72. The Labute approximate surface area is 59.6 Å². The van der Waals surface area contributed by atoms with E-state index in [4.69, 9.17) is 0 Å². The van der Waals surface area contributed by atoms with E-state index in [1.807, 2.05) is 0 Å². The number of carbonyl (C=O) groups is 1. The average Bonchev–Trinajstić information content (AvgIpc) is 1.87. The van der Waals surface area contributed by atoms with Gasteiger partial charge in [0, 0.05) is 13.5 Å². The van der Waals surface area contributed by atoms with Gasteiger partial charge in [0.15, 0.2) is 0 Å². The van der Waals surface area contributed by atoms with E-state index in [1.165, 1.54) is 13.3 Å². The Morgan fingerprint density at radius 2 is 2.40 bits per heavy atom. The number of esters is 1. The van der Waals surface area contributed by atoms with Crippen LogP contribution in [0.4, 0.5) is 0 Å². The van der Waals surface area contributed by atoms with Crippen molar-refractivity contribution in [3.8, 4) is 0 Å². The highest BCUT2D eigenvalue weighted by Crippen LogP contribution is 1.80. The summed E-state index contributed by atoms with van der Waals surface area (Å²) >= 11 is 0. The first-order valence-corrected chi connectivity index (χ1v) is 3.00. The summed E-state index contributed by atoms with van der Waals surface area (Å²) in [4.78, 5) is 19.7. The standard InChI is InChI=1S/C6H10NO3/c1-6(9)10-4-2-3-7-5-8/h2-4H2,1H3,(H,7,8). The molecule has 4 nitrogen and oxygen atoms in total. The van der Waals surface area contributed by atoms with E-state index in [2.05, 4.69) is 10.1 Å². The maximum Gasteiger partial charge on any atom is 0.309 e. The Morgan fingerprint density at radius 1 is 1.70 bits per heavy atom. The fourth-order valence-corrected chi connectivity index (χ4v) is 0.427. The van der Waals surface area contributed by atoms with Crippen molar-refractivity contribution in [1.82, 2.24) is 5.32 Å². The molecule has 0 aromatic carbocycles. The molecule has 0 rings (SSSR count). The Bertz CT molecular complexity index is 114. The van der Waals surface area contributed by atoms with Crippen LogP contribution >= 0.6 is 0 Å². The Morgan fingerprint density at radius 3 is 2.90 bits per heavy atom. The molecule has 0 atom stereocenters. The quantitative estimate of drug-likeness (QED) is 0.324. The number of carbonyl (C=O) groups excluding carboxylic acids is 2. The first kappa shape index (κ1) is 8.94. The molecule has 0 aromatic heterocycles. The molecule has 4 heteroatoms. The van der Waals surface area contributed by atoms with Crippen LogP contribution in [0.15, 0.2) is 0 Å². The van der Waals surface area contributed by atoms with E-state index in [9.17, 15) is 9.59 Å². The monoisotopic (exact) mass is 144 g/mol. The van der Waals surface area contributed by atoms with Gasteiger partial charge in [0.25, 0.3) is 0 Å². The summed E-state index contributed by atoms with van der Waals surface area (Å²) in [6.45, 7) is 2.19. The molecule has 1 radical (unpaired) electrons. The van der Waals surface area contributed by atoms with Crippen molar-refractivity contribution in [2.45, 2.75) is 13.3 Å². The van der Waals surface area contributed by atoms with Crippen molar-refractivity contribution >= 4 is 12.4 Å². The summed E-state index contributed by atoms with van der Waals surface area (Å²) in [5, 5.41) is 2.33. The van der Waals surface area contributed by atoms with E-state index in [0.717, 1.165) is 0 Å². The van der Waals surface area contributed by atoms with E-state index < -0.39 is 0 Å². The van der Waals surface area contributed by atoms with Gasteiger partial charge in [0.05, 0.1) is 6.61 Å². The molecule has 10 heavy (non-hydrogen) atoms. The van der Waals surface area contributed by atoms with Crippen LogP contribution in [0.3, 0.4) is 0 Å². The highest BCUT2D eigenvalue weighted by atomic mass is 16.5. The summed E-state index contributed by atoms with van der Waals surface area (Å²) in [7, 11) is 0. The molecule has 0 saturated heterocycles. The average molecular weight is 144 g/mol. The first-order valence-electron chi connectivity index (χ1n) is 3.00. The molecule has 0 aliphatic rings. The van der Waals surface area contributed by atoms with Crippen molar-refractivity contribution in [3.05, 3.63) is 0 Å². The molecule has 0 fully saturated rings. The Kier molecular flexibility index (Phi) is 5.42. The minimum Gasteiger partial charge on any atom is -0.466 e. The lowest BCUT2D eigenvalue weighted by molar-refractivity contribution is -0.140. The van der Waals surface area contributed by atoms with Crippen LogP contribution in [-0.2, 0) is 14.3 Å². The largest absolute Gasteiger partial charge is 0.466 e. The molecule has 0 bridgehead atoms. The van der Waals surface area contributed by atoms with Gasteiger partial charge in [-0.1, -0.05) is 0 Å². The maximum atomic E-state index is 10.2. The fraction of sp³-hybridized carbons (Fsp3) is 0.667. The summed E-state index contributed by atoms with van der Waals surface area (Å²) in [5.41, 5.74) is 0. The number of nitrogens with one attached hydrogen (secondary N) is 1. The van der Waals surface area contributed by atoms with Crippen molar-refractivity contribution in [2.24, 2.45) is 0 Å². The van der Waals surface area contributed by atoms with E-state index in [0.29, 0.717) is 19.6 Å². The van der Waals surface area contributed by atoms with Crippen LogP contribution < -0.4 is 5.32 Å². The highest BCUT2D eigenvalue weighted by molar-refractivity contribution is 5.65. The van der Waals surface area contributed by atoms with Crippen molar-refractivity contribution in [1.29, 1.82) is 0 Å². The van der Waals surface area contributed by atoms with Crippen molar-refractivity contribution in [2.75, 3.05) is 13.2 Å². The van der Waals surface area contributed by atoms with Gasteiger partial charge in [0.2, 0.25) is 0 Å². The van der Waals surface area contributed by atoms with Gasteiger partial charge in [-0.25, -0.2) is 0 Å². The van der Waals surface area contributed by atoms with Gasteiger partial charge in [-0.2, -0.15) is 0 Å². The topological polar surface area (TPSA) is 55.4 Å². The lowest BCUT2D eigenvalue weighted by Gasteiger charge is -1.98. The number of rotatable bonds is 5. The molecule has 0 unspecified atom stereocenters. The summed E-state index contributed by atoms with van der Waals surface area (Å²) in [6.07, 6.45) is 2.15. The van der Waals surface area contributed by atoms with Crippen LogP contribution in [0.5, 0.6) is 0 Å². The zero-order chi connectivity index (χ0) is 7.82. The lowest BCUT2D eigenvalue weighted by Crippen LogP contribution is -2.14. The second-order valence-electron chi connectivity index (χ2n) is 1.72. The second kappa shape index (κ2) is 6.07. The molecule has 0 saturated carbocycles. The van der Waals surface area contributed by atoms with Crippen molar-refractivity contribution in [3.63, 3.8) is 0 Å². The summed E-state index contributed by atoms with van der Waals surface area (Å²) in [5.74, 6) is -0.296. The number of hydrogen-bond acceptors (Lipinski definition) is 3. The van der Waals surface area contributed by atoms with Gasteiger partial charge in [-0.05, 0) is 6.42 Å². The maximum absolute atomic E-state index is 10.2. The molecule has 57 valence electrons. The van der Waals surface area contributed by atoms with Crippen LogP contribution in [0.25, 0.3) is 0 Å². The SMILES string of the molecule is CC(=O)OCCCN[C]=O. The zero-order valence-electron chi connectivity index (χ0n) is 5.85. The third-order valence-corrected chi connectivity index (χ3v) is 0.824. The first-order chi connectivity index (χ1) is 4.77. The summed E-state index contributed by atoms with van der Waals surface area (Å²) in [6, 6.07) is 0. The van der Waals surface area contributed by atoms with E-state index >= 15 is 0 Å². The third kappa shape index (κ3) is 6.94. The Balaban J connectivity index is 2.90. The fourth-order valence-electron chi connectivity index (χ4n) is 0.427. The van der Waals surface area contributed by atoms with Gasteiger partial charge < -0.3 is 10.1 Å². The lowest BCUT2D eigenvalue weighted by atomic mass is 10.4. The highest BCUT2D eigenvalue weighted by Gasteiger charge is 1.90. The van der Waals surface area contributed by atoms with E-state index in [1.54, 1.807) is 0 Å². The third-order valence-electron chi connectivity index (χ3n) is 0.824. The minimum atomic E-state index is -0.296.